The number of hydrogen-bond donors (Lipinski definition) is 1. The number of hydrogen-bond acceptors (Lipinski definition) is 3. The summed E-state index contributed by atoms with van der Waals surface area (Å²) in [5, 5.41) is 3.27. The minimum Gasteiger partial charge on any atom is -0.312 e. The third-order valence-electron chi connectivity index (χ3n) is 3.54. The van der Waals surface area contributed by atoms with Crippen LogP contribution in [0.25, 0.3) is 0 Å². The molecular formula is C16H21N3O. The molecule has 0 saturated heterocycles. The number of likely N-dealkylation sites (N-methyl/N-ethyl adjacent to an activating group) is 1. The van der Waals surface area contributed by atoms with Crippen LogP contribution in [0.15, 0.2) is 35.1 Å². The molecule has 0 aliphatic rings. The van der Waals surface area contributed by atoms with E-state index < -0.39 is 0 Å². The average molecular weight is 271 g/mol. The molecule has 1 unspecified atom stereocenters. The van der Waals surface area contributed by atoms with Gasteiger partial charge < -0.3 is 5.32 Å². The van der Waals surface area contributed by atoms with Gasteiger partial charge in [0.25, 0.3) is 0 Å². The molecule has 0 radical (unpaired) electrons. The van der Waals surface area contributed by atoms with Gasteiger partial charge >= 0.3 is 5.69 Å². The highest BCUT2D eigenvalue weighted by atomic mass is 16.1. The SMILES string of the molecule is CNC(Cn1c(C)cc(C)nc1=O)c1ccc(C)cc1. The maximum absolute atomic E-state index is 12.0. The number of aryl methyl sites for hydroxylation is 3. The molecule has 1 heterocycles. The fraction of sp³-hybridized carbons (Fsp3) is 0.375. The molecular weight excluding hydrogens is 250 g/mol. The molecule has 4 nitrogen and oxygen atoms in total. The summed E-state index contributed by atoms with van der Waals surface area (Å²) in [5.41, 5.74) is 3.92. The van der Waals surface area contributed by atoms with Gasteiger partial charge in [0.1, 0.15) is 0 Å². The molecule has 0 bridgehead atoms. The highest BCUT2D eigenvalue weighted by molar-refractivity contribution is 5.24. The van der Waals surface area contributed by atoms with Crippen molar-refractivity contribution in [3.63, 3.8) is 0 Å². The smallest absolute Gasteiger partial charge is 0.312 e. The van der Waals surface area contributed by atoms with Crippen LogP contribution in [0.5, 0.6) is 0 Å². The Kier molecular flexibility index (Phi) is 4.35. The summed E-state index contributed by atoms with van der Waals surface area (Å²) in [4.78, 5) is 16.0. The molecule has 106 valence electrons. The molecule has 0 saturated carbocycles. The van der Waals surface area contributed by atoms with Gasteiger partial charge in [-0.3, -0.25) is 4.57 Å². The summed E-state index contributed by atoms with van der Waals surface area (Å²) >= 11 is 0. The van der Waals surface area contributed by atoms with Crippen molar-refractivity contribution < 1.29 is 0 Å². The Labute approximate surface area is 119 Å². The van der Waals surface area contributed by atoms with E-state index in [0.29, 0.717) is 6.54 Å². The van der Waals surface area contributed by atoms with E-state index in [0.717, 1.165) is 11.4 Å². The highest BCUT2D eigenvalue weighted by Gasteiger charge is 2.12. The van der Waals surface area contributed by atoms with Crippen LogP contribution < -0.4 is 11.0 Å². The number of rotatable bonds is 4. The van der Waals surface area contributed by atoms with Crippen molar-refractivity contribution in [2.24, 2.45) is 0 Å². The van der Waals surface area contributed by atoms with Crippen molar-refractivity contribution >= 4 is 0 Å². The van der Waals surface area contributed by atoms with Crippen LogP contribution in [0.4, 0.5) is 0 Å². The highest BCUT2D eigenvalue weighted by Crippen LogP contribution is 2.15. The topological polar surface area (TPSA) is 46.9 Å². The Bertz CT molecular complexity index is 644. The Morgan fingerprint density at radius 2 is 1.85 bits per heavy atom. The van der Waals surface area contributed by atoms with E-state index >= 15 is 0 Å². The Balaban J connectivity index is 2.31. The third kappa shape index (κ3) is 3.14. The summed E-state index contributed by atoms with van der Waals surface area (Å²) in [7, 11) is 1.91. The minimum atomic E-state index is -0.185. The number of aromatic nitrogens is 2. The number of benzene rings is 1. The van der Waals surface area contributed by atoms with Crippen molar-refractivity contribution in [2.45, 2.75) is 33.4 Å². The lowest BCUT2D eigenvalue weighted by molar-refractivity contribution is 0.476. The molecule has 20 heavy (non-hydrogen) atoms. The van der Waals surface area contributed by atoms with Crippen LogP contribution in [-0.4, -0.2) is 16.6 Å². The first-order valence-electron chi connectivity index (χ1n) is 6.80. The molecule has 0 aliphatic carbocycles. The summed E-state index contributed by atoms with van der Waals surface area (Å²) < 4.78 is 1.72. The molecule has 2 aromatic rings. The monoisotopic (exact) mass is 271 g/mol. The zero-order valence-corrected chi connectivity index (χ0v) is 12.5. The van der Waals surface area contributed by atoms with Gasteiger partial charge in [-0.1, -0.05) is 29.8 Å². The van der Waals surface area contributed by atoms with Gasteiger partial charge in [-0.15, -0.1) is 0 Å². The summed E-state index contributed by atoms with van der Waals surface area (Å²) in [5.74, 6) is 0. The average Bonchev–Trinajstić information content (AvgIpc) is 2.39. The van der Waals surface area contributed by atoms with Gasteiger partial charge in [0.05, 0.1) is 6.04 Å². The fourth-order valence-corrected chi connectivity index (χ4v) is 2.34. The zero-order chi connectivity index (χ0) is 14.7. The molecule has 0 amide bonds. The van der Waals surface area contributed by atoms with Gasteiger partial charge in [-0.2, -0.15) is 4.98 Å². The van der Waals surface area contributed by atoms with E-state index in [2.05, 4.69) is 41.5 Å². The Hall–Kier alpha value is -1.94. The summed E-state index contributed by atoms with van der Waals surface area (Å²) in [6.07, 6.45) is 0. The Morgan fingerprint density at radius 1 is 1.20 bits per heavy atom. The number of nitrogens with zero attached hydrogens (tertiary/aromatic N) is 2. The van der Waals surface area contributed by atoms with Crippen molar-refractivity contribution in [1.82, 2.24) is 14.9 Å². The lowest BCUT2D eigenvalue weighted by atomic mass is 10.1. The van der Waals surface area contributed by atoms with Crippen LogP contribution in [0.2, 0.25) is 0 Å². The maximum atomic E-state index is 12.0. The first-order valence-corrected chi connectivity index (χ1v) is 6.80. The van der Waals surface area contributed by atoms with Crippen molar-refractivity contribution in [2.75, 3.05) is 7.05 Å². The molecule has 1 N–H and O–H groups in total. The van der Waals surface area contributed by atoms with E-state index in [9.17, 15) is 4.79 Å². The van der Waals surface area contributed by atoms with Gasteiger partial charge in [0.2, 0.25) is 0 Å². The maximum Gasteiger partial charge on any atom is 0.348 e. The third-order valence-corrected chi connectivity index (χ3v) is 3.54. The first-order chi connectivity index (χ1) is 9.51. The normalized spacial score (nSPS) is 12.4. The Morgan fingerprint density at radius 3 is 2.40 bits per heavy atom. The zero-order valence-electron chi connectivity index (χ0n) is 12.5. The number of nitrogens with one attached hydrogen (secondary N) is 1. The lowest BCUT2D eigenvalue weighted by Gasteiger charge is -2.19. The van der Waals surface area contributed by atoms with Crippen molar-refractivity contribution in [3.8, 4) is 0 Å². The van der Waals surface area contributed by atoms with E-state index in [4.69, 9.17) is 0 Å². The quantitative estimate of drug-likeness (QED) is 0.926. The molecule has 4 heteroatoms. The van der Waals surface area contributed by atoms with E-state index in [1.54, 1.807) is 4.57 Å². The van der Waals surface area contributed by atoms with Crippen LogP contribution in [0, 0.1) is 20.8 Å². The second-order valence-corrected chi connectivity index (χ2v) is 5.18. The standard InChI is InChI=1S/C16H21N3O/c1-11-5-7-14(8-6-11)15(17-4)10-19-13(3)9-12(2)18-16(19)20/h5-9,15,17H,10H2,1-4H3. The predicted molar refractivity (Wildman–Crippen MR) is 81.0 cm³/mol. The van der Waals surface area contributed by atoms with E-state index in [1.165, 1.54) is 11.1 Å². The van der Waals surface area contributed by atoms with Crippen molar-refractivity contribution in [3.05, 3.63) is 63.3 Å². The van der Waals surface area contributed by atoms with Crippen LogP contribution in [-0.2, 0) is 6.54 Å². The fourth-order valence-electron chi connectivity index (χ4n) is 2.34. The van der Waals surface area contributed by atoms with Crippen LogP contribution in [0.1, 0.15) is 28.6 Å². The van der Waals surface area contributed by atoms with Gasteiger partial charge in [0, 0.05) is 17.9 Å². The molecule has 2 rings (SSSR count). The lowest BCUT2D eigenvalue weighted by Crippen LogP contribution is -2.31. The predicted octanol–water partition coefficient (Wildman–Crippen LogP) is 2.13. The second kappa shape index (κ2) is 6.01. The van der Waals surface area contributed by atoms with Gasteiger partial charge in [0.15, 0.2) is 0 Å². The van der Waals surface area contributed by atoms with E-state index in [1.807, 2.05) is 27.0 Å². The largest absolute Gasteiger partial charge is 0.348 e. The molecule has 0 fully saturated rings. The molecule has 1 aromatic carbocycles. The molecule has 0 spiro atoms. The van der Waals surface area contributed by atoms with Crippen LogP contribution in [0.3, 0.4) is 0 Å². The van der Waals surface area contributed by atoms with Gasteiger partial charge in [-0.05, 0) is 39.4 Å². The van der Waals surface area contributed by atoms with Gasteiger partial charge in [-0.25, -0.2) is 4.79 Å². The first kappa shape index (κ1) is 14.5. The molecule has 1 atom stereocenters. The van der Waals surface area contributed by atoms with E-state index in [-0.39, 0.29) is 11.7 Å². The second-order valence-electron chi connectivity index (χ2n) is 5.18. The molecule has 0 aliphatic heterocycles. The van der Waals surface area contributed by atoms with Crippen LogP contribution >= 0.6 is 0 Å². The van der Waals surface area contributed by atoms with Crippen molar-refractivity contribution in [1.29, 1.82) is 0 Å². The summed E-state index contributed by atoms with van der Waals surface area (Å²) in [6.45, 7) is 6.43. The molecule has 1 aromatic heterocycles. The summed E-state index contributed by atoms with van der Waals surface area (Å²) in [6, 6.07) is 10.4. The minimum absolute atomic E-state index is 0.0940.